The van der Waals surface area contributed by atoms with Crippen LogP contribution >= 0.6 is 0 Å². The molecule has 0 aromatic heterocycles. The molecule has 19 heavy (non-hydrogen) atoms. The highest BCUT2D eigenvalue weighted by Gasteiger charge is 2.46. The molecule has 2 amide bonds. The van der Waals surface area contributed by atoms with Crippen molar-refractivity contribution in [2.24, 2.45) is 17.8 Å². The molecule has 1 aliphatic heterocycles. The summed E-state index contributed by atoms with van der Waals surface area (Å²) in [5.74, 6) is -1.80. The predicted molar refractivity (Wildman–Crippen MR) is 68.1 cm³/mol. The number of carbonyl (C=O) groups excluding carboxylic acids is 2. The molecular formula is C14H19NO4. The number of imide groups is 1. The summed E-state index contributed by atoms with van der Waals surface area (Å²) in [4.78, 5) is 36.3. The van der Waals surface area contributed by atoms with Gasteiger partial charge in [0.15, 0.2) is 0 Å². The van der Waals surface area contributed by atoms with Crippen LogP contribution in [0.25, 0.3) is 0 Å². The third kappa shape index (κ3) is 2.69. The molecule has 3 atom stereocenters. The van der Waals surface area contributed by atoms with Gasteiger partial charge in [0, 0.05) is 6.54 Å². The van der Waals surface area contributed by atoms with E-state index in [1.54, 1.807) is 6.92 Å². The molecule has 1 aliphatic carbocycles. The van der Waals surface area contributed by atoms with Gasteiger partial charge >= 0.3 is 5.97 Å². The van der Waals surface area contributed by atoms with Gasteiger partial charge in [-0.05, 0) is 25.7 Å². The molecule has 0 aromatic carbocycles. The molecule has 5 nitrogen and oxygen atoms in total. The Kier molecular flexibility index (Phi) is 4.02. The summed E-state index contributed by atoms with van der Waals surface area (Å²) in [6.07, 6.45) is 6.26. The fourth-order valence-electron chi connectivity index (χ4n) is 2.77. The number of carboxylic acids is 1. The second-order valence-electron chi connectivity index (χ2n) is 5.37. The molecule has 2 rings (SSSR count). The van der Waals surface area contributed by atoms with E-state index in [1.165, 1.54) is 4.90 Å². The number of carbonyl (C=O) groups is 3. The smallest absolute Gasteiger partial charge is 0.306 e. The van der Waals surface area contributed by atoms with E-state index in [-0.39, 0.29) is 23.7 Å². The van der Waals surface area contributed by atoms with Crippen molar-refractivity contribution in [2.75, 3.05) is 6.54 Å². The Hall–Kier alpha value is -1.65. The molecule has 1 fully saturated rings. The predicted octanol–water partition coefficient (Wildman–Crippen LogP) is 1.44. The highest BCUT2D eigenvalue weighted by Crippen LogP contribution is 2.35. The molecular weight excluding hydrogens is 246 g/mol. The first-order chi connectivity index (χ1) is 9.02. The number of hydrogen-bond acceptors (Lipinski definition) is 3. The minimum atomic E-state index is -0.836. The zero-order valence-corrected chi connectivity index (χ0v) is 11.0. The number of likely N-dealkylation sites (tertiary alicyclic amines) is 1. The third-order valence-electron chi connectivity index (χ3n) is 4.04. The van der Waals surface area contributed by atoms with Crippen molar-refractivity contribution in [1.82, 2.24) is 4.90 Å². The van der Waals surface area contributed by atoms with Gasteiger partial charge in [0.25, 0.3) is 0 Å². The van der Waals surface area contributed by atoms with Crippen LogP contribution in [0.3, 0.4) is 0 Å². The van der Waals surface area contributed by atoms with Gasteiger partial charge in [0.2, 0.25) is 11.8 Å². The SMILES string of the molecule is CC(CCCN1C(=O)[C@H]2CC=CC[C@H]2C1=O)C(=O)O. The van der Waals surface area contributed by atoms with Crippen molar-refractivity contribution in [3.63, 3.8) is 0 Å². The van der Waals surface area contributed by atoms with Gasteiger partial charge in [-0.1, -0.05) is 19.1 Å². The summed E-state index contributed by atoms with van der Waals surface area (Å²) in [7, 11) is 0. The number of rotatable bonds is 5. The monoisotopic (exact) mass is 265 g/mol. The van der Waals surface area contributed by atoms with Crippen molar-refractivity contribution in [1.29, 1.82) is 0 Å². The number of carboxylic acid groups (broad SMARTS) is 1. The van der Waals surface area contributed by atoms with Crippen LogP contribution in [0.5, 0.6) is 0 Å². The number of aliphatic carboxylic acids is 1. The van der Waals surface area contributed by atoms with E-state index in [0.717, 1.165) is 0 Å². The van der Waals surface area contributed by atoms with Crippen molar-refractivity contribution < 1.29 is 19.5 Å². The third-order valence-corrected chi connectivity index (χ3v) is 4.04. The second kappa shape index (κ2) is 5.55. The lowest BCUT2D eigenvalue weighted by molar-refractivity contribution is -0.141. The molecule has 104 valence electrons. The van der Waals surface area contributed by atoms with E-state index in [4.69, 9.17) is 5.11 Å². The lowest BCUT2D eigenvalue weighted by Crippen LogP contribution is -2.32. The van der Waals surface area contributed by atoms with Gasteiger partial charge < -0.3 is 5.11 Å². The molecule has 1 saturated heterocycles. The van der Waals surface area contributed by atoms with Gasteiger partial charge in [-0.15, -0.1) is 0 Å². The topological polar surface area (TPSA) is 74.7 Å². The fraction of sp³-hybridized carbons (Fsp3) is 0.643. The maximum atomic E-state index is 12.1. The van der Waals surface area contributed by atoms with Crippen LogP contribution in [0.4, 0.5) is 0 Å². The molecule has 1 N–H and O–H groups in total. The lowest BCUT2D eigenvalue weighted by atomic mass is 9.85. The highest BCUT2D eigenvalue weighted by atomic mass is 16.4. The Labute approximate surface area is 112 Å². The van der Waals surface area contributed by atoms with Crippen molar-refractivity contribution in [2.45, 2.75) is 32.6 Å². The average Bonchev–Trinajstić information content (AvgIpc) is 2.64. The molecule has 1 unspecified atom stereocenters. The molecule has 0 radical (unpaired) electrons. The number of hydrogen-bond donors (Lipinski definition) is 1. The van der Waals surface area contributed by atoms with E-state index in [0.29, 0.717) is 32.2 Å². The largest absolute Gasteiger partial charge is 0.481 e. The Balaban J connectivity index is 1.89. The van der Waals surface area contributed by atoms with Crippen molar-refractivity contribution in [3.05, 3.63) is 12.2 Å². The van der Waals surface area contributed by atoms with Gasteiger partial charge in [0.1, 0.15) is 0 Å². The molecule has 2 aliphatic rings. The van der Waals surface area contributed by atoms with Gasteiger partial charge in [-0.3, -0.25) is 19.3 Å². The molecule has 0 spiro atoms. The van der Waals surface area contributed by atoms with Crippen LogP contribution in [-0.2, 0) is 14.4 Å². The molecule has 1 heterocycles. The van der Waals surface area contributed by atoms with E-state index >= 15 is 0 Å². The maximum Gasteiger partial charge on any atom is 0.306 e. The summed E-state index contributed by atoms with van der Waals surface area (Å²) in [6, 6.07) is 0. The fourth-order valence-corrected chi connectivity index (χ4v) is 2.77. The number of allylic oxidation sites excluding steroid dienone is 2. The first-order valence-corrected chi connectivity index (χ1v) is 6.75. The minimum Gasteiger partial charge on any atom is -0.481 e. The van der Waals surface area contributed by atoms with Gasteiger partial charge in [-0.2, -0.15) is 0 Å². The Morgan fingerprint density at radius 1 is 1.32 bits per heavy atom. The summed E-state index contributed by atoms with van der Waals surface area (Å²) in [5.41, 5.74) is 0. The van der Waals surface area contributed by atoms with Crippen LogP contribution in [-0.4, -0.2) is 34.3 Å². The van der Waals surface area contributed by atoms with Crippen LogP contribution in [0.15, 0.2) is 12.2 Å². The zero-order chi connectivity index (χ0) is 14.0. The second-order valence-corrected chi connectivity index (χ2v) is 5.37. The van der Waals surface area contributed by atoms with Crippen LogP contribution in [0, 0.1) is 17.8 Å². The minimum absolute atomic E-state index is 0.0812. The molecule has 0 saturated carbocycles. The number of fused-ring (bicyclic) bond motifs is 1. The summed E-state index contributed by atoms with van der Waals surface area (Å²) in [6.45, 7) is 1.99. The first kappa shape index (κ1) is 13.8. The van der Waals surface area contributed by atoms with Crippen LogP contribution < -0.4 is 0 Å². The van der Waals surface area contributed by atoms with Crippen LogP contribution in [0.1, 0.15) is 32.6 Å². The zero-order valence-electron chi connectivity index (χ0n) is 11.0. The van der Waals surface area contributed by atoms with Gasteiger partial charge in [0.05, 0.1) is 17.8 Å². The van der Waals surface area contributed by atoms with Crippen LogP contribution in [0.2, 0.25) is 0 Å². The van der Waals surface area contributed by atoms with Gasteiger partial charge in [-0.25, -0.2) is 0 Å². The number of nitrogens with zero attached hydrogens (tertiary/aromatic N) is 1. The standard InChI is InChI=1S/C14H19NO4/c1-9(14(18)19)5-4-8-15-12(16)10-6-2-3-7-11(10)13(15)17/h2-3,9-11H,4-8H2,1H3,(H,18,19)/t9?,10-,11+. The lowest BCUT2D eigenvalue weighted by Gasteiger charge is -2.15. The summed E-state index contributed by atoms with van der Waals surface area (Å²) in [5, 5.41) is 8.79. The van der Waals surface area contributed by atoms with E-state index in [1.807, 2.05) is 12.2 Å². The Morgan fingerprint density at radius 3 is 2.32 bits per heavy atom. The van der Waals surface area contributed by atoms with E-state index < -0.39 is 11.9 Å². The highest BCUT2D eigenvalue weighted by molar-refractivity contribution is 6.05. The quantitative estimate of drug-likeness (QED) is 0.603. The Bertz CT molecular complexity index is 403. The van der Waals surface area contributed by atoms with E-state index in [9.17, 15) is 14.4 Å². The molecule has 5 heteroatoms. The molecule has 0 bridgehead atoms. The van der Waals surface area contributed by atoms with Crippen molar-refractivity contribution in [3.8, 4) is 0 Å². The van der Waals surface area contributed by atoms with E-state index in [2.05, 4.69) is 0 Å². The molecule has 0 aromatic rings. The maximum absolute atomic E-state index is 12.1. The summed E-state index contributed by atoms with van der Waals surface area (Å²) >= 11 is 0. The summed E-state index contributed by atoms with van der Waals surface area (Å²) < 4.78 is 0. The normalized spacial score (nSPS) is 27.5. The Morgan fingerprint density at radius 2 is 1.84 bits per heavy atom. The van der Waals surface area contributed by atoms with Crippen molar-refractivity contribution >= 4 is 17.8 Å². The number of amides is 2. The average molecular weight is 265 g/mol. The first-order valence-electron chi connectivity index (χ1n) is 6.75.